The maximum absolute atomic E-state index is 13.0. The van der Waals surface area contributed by atoms with Gasteiger partial charge in [-0.25, -0.2) is 4.98 Å². The lowest BCUT2D eigenvalue weighted by atomic mass is 10.0. The van der Waals surface area contributed by atoms with Crippen molar-refractivity contribution in [3.8, 4) is 0 Å². The van der Waals surface area contributed by atoms with E-state index in [0.717, 1.165) is 31.0 Å². The van der Waals surface area contributed by atoms with Crippen LogP contribution in [0.15, 0.2) is 30.5 Å². The number of hydrogen-bond donors (Lipinski definition) is 1. The highest BCUT2D eigenvalue weighted by atomic mass is 19.4. The van der Waals surface area contributed by atoms with Crippen LogP contribution in [0.5, 0.6) is 0 Å². The third kappa shape index (κ3) is 2.68. The fraction of sp³-hybridized carbons (Fsp3) is 0.400. The largest absolute Gasteiger partial charge is 0.416 e. The summed E-state index contributed by atoms with van der Waals surface area (Å²) in [5.41, 5.74) is 6.71. The molecule has 21 heavy (non-hydrogen) atoms. The van der Waals surface area contributed by atoms with Crippen LogP contribution in [0.3, 0.4) is 0 Å². The predicted molar refractivity (Wildman–Crippen MR) is 72.6 cm³/mol. The number of nitrogens with zero attached hydrogens (tertiary/aromatic N) is 2. The minimum Gasteiger partial charge on any atom is -0.316 e. The average Bonchev–Trinajstić information content (AvgIpc) is 2.83. The van der Waals surface area contributed by atoms with E-state index in [-0.39, 0.29) is 18.2 Å². The fourth-order valence-electron chi connectivity index (χ4n) is 2.90. The molecule has 2 heterocycles. The molecule has 1 unspecified atom stereocenters. The van der Waals surface area contributed by atoms with Gasteiger partial charge in [0, 0.05) is 18.3 Å². The molecule has 1 atom stereocenters. The van der Waals surface area contributed by atoms with E-state index >= 15 is 0 Å². The number of imidazole rings is 1. The van der Waals surface area contributed by atoms with Crippen LogP contribution in [-0.4, -0.2) is 9.55 Å². The van der Waals surface area contributed by atoms with Gasteiger partial charge < -0.3 is 10.3 Å². The van der Waals surface area contributed by atoms with E-state index in [9.17, 15) is 13.2 Å². The minimum absolute atomic E-state index is 0.142. The summed E-state index contributed by atoms with van der Waals surface area (Å²) in [6, 6.07) is 5.62. The molecule has 2 N–H and O–H groups in total. The van der Waals surface area contributed by atoms with E-state index in [1.807, 2.05) is 4.57 Å². The third-order valence-corrected chi connectivity index (χ3v) is 3.89. The molecule has 112 valence electrons. The van der Waals surface area contributed by atoms with Crippen molar-refractivity contribution in [3.63, 3.8) is 0 Å². The molecule has 2 aromatic rings. The van der Waals surface area contributed by atoms with Crippen LogP contribution in [0.2, 0.25) is 0 Å². The Hall–Kier alpha value is -1.82. The van der Waals surface area contributed by atoms with E-state index in [1.54, 1.807) is 12.3 Å². The number of aromatic nitrogens is 2. The second-order valence-corrected chi connectivity index (χ2v) is 5.33. The Morgan fingerprint density at radius 1 is 1.29 bits per heavy atom. The standard InChI is InChI=1S/C15H16F3N3/c16-15(17,18)12-6-2-1-4-10(12)8-14-20-9-11-5-3-7-13(19)21(11)14/h1-2,4,6,9,13H,3,5,7-8,19H2. The normalized spacial score (nSPS) is 18.6. The Balaban J connectivity index is 1.97. The van der Waals surface area contributed by atoms with Crippen LogP contribution < -0.4 is 5.73 Å². The minimum atomic E-state index is -4.35. The molecule has 1 aromatic heterocycles. The summed E-state index contributed by atoms with van der Waals surface area (Å²) in [7, 11) is 0. The zero-order valence-electron chi connectivity index (χ0n) is 11.4. The summed E-state index contributed by atoms with van der Waals surface area (Å²) >= 11 is 0. The van der Waals surface area contributed by atoms with Gasteiger partial charge in [0.15, 0.2) is 0 Å². The molecule has 3 rings (SSSR count). The molecule has 0 saturated carbocycles. The number of halogens is 3. The number of fused-ring (bicyclic) bond motifs is 1. The van der Waals surface area contributed by atoms with Gasteiger partial charge in [0.25, 0.3) is 0 Å². The Kier molecular flexibility index (Phi) is 3.49. The van der Waals surface area contributed by atoms with Crippen LogP contribution in [0.1, 0.15) is 41.7 Å². The first kappa shape index (κ1) is 14.1. The summed E-state index contributed by atoms with van der Waals surface area (Å²) in [5, 5.41) is 0. The topological polar surface area (TPSA) is 43.8 Å². The van der Waals surface area contributed by atoms with Gasteiger partial charge in [-0.15, -0.1) is 0 Å². The second-order valence-electron chi connectivity index (χ2n) is 5.33. The molecule has 0 saturated heterocycles. The van der Waals surface area contributed by atoms with Gasteiger partial charge in [-0.1, -0.05) is 18.2 Å². The van der Waals surface area contributed by atoms with Gasteiger partial charge in [-0.2, -0.15) is 13.2 Å². The lowest BCUT2D eigenvalue weighted by Crippen LogP contribution is -2.26. The Bertz CT molecular complexity index is 646. The molecule has 1 aromatic carbocycles. The zero-order valence-corrected chi connectivity index (χ0v) is 11.4. The second kappa shape index (κ2) is 5.18. The number of rotatable bonds is 2. The van der Waals surface area contributed by atoms with Gasteiger partial charge in [0.1, 0.15) is 5.82 Å². The Morgan fingerprint density at radius 2 is 2.05 bits per heavy atom. The number of aryl methyl sites for hydroxylation is 1. The smallest absolute Gasteiger partial charge is 0.316 e. The maximum Gasteiger partial charge on any atom is 0.416 e. The average molecular weight is 295 g/mol. The highest BCUT2D eigenvalue weighted by molar-refractivity contribution is 5.32. The van der Waals surface area contributed by atoms with E-state index in [4.69, 9.17) is 5.73 Å². The molecule has 0 bridgehead atoms. The number of hydrogen-bond acceptors (Lipinski definition) is 2. The van der Waals surface area contributed by atoms with E-state index in [0.29, 0.717) is 5.82 Å². The van der Waals surface area contributed by atoms with Crippen LogP contribution in [0.25, 0.3) is 0 Å². The number of alkyl halides is 3. The van der Waals surface area contributed by atoms with Crippen LogP contribution >= 0.6 is 0 Å². The molecule has 0 spiro atoms. The number of nitrogens with two attached hydrogens (primary N) is 1. The molecule has 1 aliphatic heterocycles. The quantitative estimate of drug-likeness (QED) is 0.924. The summed E-state index contributed by atoms with van der Waals surface area (Å²) in [4.78, 5) is 4.28. The van der Waals surface area contributed by atoms with E-state index in [2.05, 4.69) is 4.98 Å². The molecular formula is C15H16F3N3. The summed E-state index contributed by atoms with van der Waals surface area (Å²) in [6.45, 7) is 0. The van der Waals surface area contributed by atoms with E-state index in [1.165, 1.54) is 12.1 Å². The first-order chi connectivity index (χ1) is 9.97. The van der Waals surface area contributed by atoms with Gasteiger partial charge in [-0.05, 0) is 30.9 Å². The van der Waals surface area contributed by atoms with Crippen molar-refractivity contribution < 1.29 is 13.2 Å². The van der Waals surface area contributed by atoms with Gasteiger partial charge >= 0.3 is 6.18 Å². The Morgan fingerprint density at radius 3 is 2.81 bits per heavy atom. The highest BCUT2D eigenvalue weighted by Gasteiger charge is 2.33. The van der Waals surface area contributed by atoms with Gasteiger partial charge in [0.05, 0.1) is 11.7 Å². The molecule has 0 fully saturated rings. The van der Waals surface area contributed by atoms with Crippen LogP contribution in [0, 0.1) is 0 Å². The summed E-state index contributed by atoms with van der Waals surface area (Å²) < 4.78 is 41.0. The molecule has 0 amide bonds. The first-order valence-corrected chi connectivity index (χ1v) is 6.92. The van der Waals surface area contributed by atoms with Crippen molar-refractivity contribution in [2.75, 3.05) is 0 Å². The van der Waals surface area contributed by atoms with Crippen molar-refractivity contribution in [2.24, 2.45) is 5.73 Å². The summed E-state index contributed by atoms with van der Waals surface area (Å²) in [6.07, 6.45) is 0.0261. The molecular weight excluding hydrogens is 279 g/mol. The van der Waals surface area contributed by atoms with Gasteiger partial charge in [0.2, 0.25) is 0 Å². The lowest BCUT2D eigenvalue weighted by molar-refractivity contribution is -0.138. The predicted octanol–water partition coefficient (Wildman–Crippen LogP) is 3.29. The van der Waals surface area contributed by atoms with Crippen molar-refractivity contribution in [1.82, 2.24) is 9.55 Å². The van der Waals surface area contributed by atoms with Crippen molar-refractivity contribution in [2.45, 2.75) is 38.0 Å². The molecule has 3 nitrogen and oxygen atoms in total. The van der Waals surface area contributed by atoms with Crippen molar-refractivity contribution in [3.05, 3.63) is 53.1 Å². The summed E-state index contributed by atoms with van der Waals surface area (Å²) in [5.74, 6) is 0.605. The molecule has 0 radical (unpaired) electrons. The van der Waals surface area contributed by atoms with Crippen LogP contribution in [-0.2, 0) is 19.0 Å². The fourth-order valence-corrected chi connectivity index (χ4v) is 2.90. The maximum atomic E-state index is 13.0. The lowest BCUT2D eigenvalue weighted by Gasteiger charge is -2.24. The molecule has 0 aliphatic carbocycles. The monoisotopic (exact) mass is 295 g/mol. The first-order valence-electron chi connectivity index (χ1n) is 6.92. The highest BCUT2D eigenvalue weighted by Crippen LogP contribution is 2.33. The molecule has 6 heteroatoms. The molecule has 1 aliphatic rings. The zero-order chi connectivity index (χ0) is 15.0. The number of benzene rings is 1. The van der Waals surface area contributed by atoms with Gasteiger partial charge in [-0.3, -0.25) is 0 Å². The SMILES string of the molecule is NC1CCCc2cnc(Cc3ccccc3C(F)(F)F)n21. The van der Waals surface area contributed by atoms with E-state index < -0.39 is 11.7 Å². The van der Waals surface area contributed by atoms with Crippen molar-refractivity contribution in [1.29, 1.82) is 0 Å². The van der Waals surface area contributed by atoms with Crippen LogP contribution in [0.4, 0.5) is 13.2 Å². The third-order valence-electron chi connectivity index (χ3n) is 3.89. The Labute approximate surface area is 120 Å². The van der Waals surface area contributed by atoms with Crippen molar-refractivity contribution >= 4 is 0 Å².